The van der Waals surface area contributed by atoms with Crippen molar-refractivity contribution >= 4 is 16.7 Å². The van der Waals surface area contributed by atoms with Crippen LogP contribution in [0.4, 0.5) is 5.69 Å². The predicted molar refractivity (Wildman–Crippen MR) is 125 cm³/mol. The van der Waals surface area contributed by atoms with Crippen LogP contribution in [-0.2, 0) is 20.6 Å². The van der Waals surface area contributed by atoms with Crippen molar-refractivity contribution in [3.8, 4) is 0 Å². The summed E-state index contributed by atoms with van der Waals surface area (Å²) in [5.74, 6) is 0.646. The Hall–Kier alpha value is -2.53. The number of aromatic nitrogens is 2. The third-order valence-electron chi connectivity index (χ3n) is 6.45. The number of likely N-dealkylation sites (tertiary alicyclic amines) is 1. The Kier molecular flexibility index (Phi) is 6.00. The van der Waals surface area contributed by atoms with E-state index < -0.39 is 0 Å². The molecule has 1 N–H and O–H groups in total. The van der Waals surface area contributed by atoms with Gasteiger partial charge < -0.3 is 5.32 Å². The van der Waals surface area contributed by atoms with Gasteiger partial charge in [-0.05, 0) is 61.6 Å². The van der Waals surface area contributed by atoms with Crippen molar-refractivity contribution in [2.75, 3.05) is 11.9 Å². The fourth-order valence-corrected chi connectivity index (χ4v) is 4.92. The van der Waals surface area contributed by atoms with Crippen LogP contribution >= 0.6 is 0 Å². The zero-order chi connectivity index (χ0) is 21.3. The number of imidazole rings is 1. The maximum absolute atomic E-state index is 12.3. The summed E-state index contributed by atoms with van der Waals surface area (Å²) in [6.45, 7) is 6.68. The molecule has 5 nitrogen and oxygen atoms in total. The van der Waals surface area contributed by atoms with Crippen LogP contribution in [0.1, 0.15) is 38.7 Å². The number of benzene rings is 2. The lowest BCUT2D eigenvalue weighted by molar-refractivity contribution is 0.110. The van der Waals surface area contributed by atoms with Gasteiger partial charge in [0.15, 0.2) is 0 Å². The van der Waals surface area contributed by atoms with Crippen molar-refractivity contribution in [2.24, 2.45) is 20.0 Å². The molecule has 1 aromatic heterocycles. The van der Waals surface area contributed by atoms with Gasteiger partial charge in [0.2, 0.25) is 0 Å². The van der Waals surface area contributed by atoms with Crippen LogP contribution in [0.25, 0.3) is 11.0 Å². The van der Waals surface area contributed by atoms with E-state index in [9.17, 15) is 4.79 Å². The molecule has 0 bridgehead atoms. The third-order valence-corrected chi connectivity index (χ3v) is 6.45. The number of fused-ring (bicyclic) bond motifs is 1. The monoisotopic (exact) mass is 406 g/mol. The lowest BCUT2D eigenvalue weighted by Gasteiger charge is -2.43. The van der Waals surface area contributed by atoms with Crippen LogP contribution in [0, 0.1) is 5.92 Å². The summed E-state index contributed by atoms with van der Waals surface area (Å²) >= 11 is 0. The van der Waals surface area contributed by atoms with Crippen molar-refractivity contribution in [3.63, 3.8) is 0 Å². The van der Waals surface area contributed by atoms with E-state index in [1.807, 2.05) is 14.1 Å². The molecule has 160 valence electrons. The van der Waals surface area contributed by atoms with Crippen molar-refractivity contribution in [3.05, 3.63) is 64.6 Å². The van der Waals surface area contributed by atoms with Gasteiger partial charge in [-0.1, -0.05) is 38.1 Å². The standard InChI is InChI=1S/C25H34N4O/c1-18(2)15-23-21(26-20-9-6-5-7-10-20)11-8-14-29(23)17-19-12-13-22-24(16-19)28(4)25(30)27(22)3/h5-7,9-10,12-13,16,18,21,23,26H,8,11,14-15,17H2,1-4H3/t21-,23-/m1/s1. The van der Waals surface area contributed by atoms with Gasteiger partial charge in [-0.3, -0.25) is 14.0 Å². The van der Waals surface area contributed by atoms with E-state index in [1.54, 1.807) is 9.13 Å². The number of nitrogens with one attached hydrogen (secondary N) is 1. The van der Waals surface area contributed by atoms with Crippen molar-refractivity contribution in [2.45, 2.75) is 51.7 Å². The van der Waals surface area contributed by atoms with Crippen LogP contribution in [-0.4, -0.2) is 32.7 Å². The summed E-state index contributed by atoms with van der Waals surface area (Å²) in [5, 5.41) is 3.81. The number of rotatable bonds is 6. The Morgan fingerprint density at radius 2 is 1.77 bits per heavy atom. The molecule has 2 aromatic carbocycles. The molecule has 5 heteroatoms. The van der Waals surface area contributed by atoms with Gasteiger partial charge in [0, 0.05) is 38.4 Å². The zero-order valence-electron chi connectivity index (χ0n) is 18.6. The van der Waals surface area contributed by atoms with Gasteiger partial charge in [-0.25, -0.2) is 4.79 Å². The number of para-hydroxylation sites is 1. The van der Waals surface area contributed by atoms with Crippen molar-refractivity contribution in [1.82, 2.24) is 14.0 Å². The molecule has 0 amide bonds. The van der Waals surface area contributed by atoms with Crippen LogP contribution in [0.2, 0.25) is 0 Å². The quantitative estimate of drug-likeness (QED) is 0.661. The topological polar surface area (TPSA) is 42.2 Å². The molecule has 0 radical (unpaired) electrons. The number of anilines is 1. The first-order chi connectivity index (χ1) is 14.4. The molecule has 2 heterocycles. The first-order valence-corrected chi connectivity index (χ1v) is 11.1. The van der Waals surface area contributed by atoms with Crippen LogP contribution < -0.4 is 11.0 Å². The Morgan fingerprint density at radius 1 is 1.03 bits per heavy atom. The normalized spacial score (nSPS) is 20.2. The van der Waals surface area contributed by atoms with Gasteiger partial charge >= 0.3 is 5.69 Å². The van der Waals surface area contributed by atoms with E-state index in [4.69, 9.17) is 0 Å². The summed E-state index contributed by atoms with van der Waals surface area (Å²) in [7, 11) is 3.70. The van der Waals surface area contributed by atoms with Gasteiger partial charge in [0.1, 0.15) is 0 Å². The Bertz CT molecular complexity index is 1050. The smallest absolute Gasteiger partial charge is 0.328 e. The Morgan fingerprint density at radius 3 is 2.50 bits per heavy atom. The number of hydrogen-bond acceptors (Lipinski definition) is 3. The third kappa shape index (κ3) is 4.17. The molecule has 0 aliphatic carbocycles. The fraction of sp³-hybridized carbons (Fsp3) is 0.480. The maximum Gasteiger partial charge on any atom is 0.328 e. The maximum atomic E-state index is 12.3. The number of nitrogens with zero attached hydrogens (tertiary/aromatic N) is 3. The van der Waals surface area contributed by atoms with E-state index in [2.05, 4.69) is 72.6 Å². The van der Waals surface area contributed by atoms with Crippen LogP contribution in [0.5, 0.6) is 0 Å². The fourth-order valence-electron chi connectivity index (χ4n) is 4.92. The largest absolute Gasteiger partial charge is 0.381 e. The van der Waals surface area contributed by atoms with Gasteiger partial charge in [-0.15, -0.1) is 0 Å². The molecule has 1 saturated heterocycles. The minimum Gasteiger partial charge on any atom is -0.381 e. The molecule has 0 saturated carbocycles. The molecular formula is C25H34N4O. The molecule has 2 atom stereocenters. The molecular weight excluding hydrogens is 372 g/mol. The highest BCUT2D eigenvalue weighted by Gasteiger charge is 2.32. The zero-order valence-corrected chi connectivity index (χ0v) is 18.6. The Labute approximate surface area is 179 Å². The Balaban J connectivity index is 1.58. The van der Waals surface area contributed by atoms with Crippen LogP contribution in [0.15, 0.2) is 53.3 Å². The second-order valence-corrected chi connectivity index (χ2v) is 9.15. The van der Waals surface area contributed by atoms with Crippen molar-refractivity contribution in [1.29, 1.82) is 0 Å². The lowest BCUT2D eigenvalue weighted by atomic mass is 9.89. The average Bonchev–Trinajstić information content (AvgIpc) is 2.95. The summed E-state index contributed by atoms with van der Waals surface area (Å²) in [6, 6.07) is 18.0. The SMILES string of the molecule is CC(C)C[C@@H]1[C@H](Nc2ccccc2)CCCN1Cc1ccc2c(c1)n(C)c(=O)n2C. The van der Waals surface area contributed by atoms with E-state index in [1.165, 1.54) is 30.5 Å². The predicted octanol–water partition coefficient (Wildman–Crippen LogP) is 4.37. The summed E-state index contributed by atoms with van der Waals surface area (Å²) < 4.78 is 3.47. The first-order valence-electron chi connectivity index (χ1n) is 11.1. The second kappa shape index (κ2) is 8.68. The summed E-state index contributed by atoms with van der Waals surface area (Å²) in [5.41, 5.74) is 4.52. The highest BCUT2D eigenvalue weighted by molar-refractivity contribution is 5.76. The molecule has 0 spiro atoms. The lowest BCUT2D eigenvalue weighted by Crippen LogP contribution is -2.51. The highest BCUT2D eigenvalue weighted by Crippen LogP contribution is 2.28. The number of piperidine rings is 1. The molecule has 30 heavy (non-hydrogen) atoms. The van der Waals surface area contributed by atoms with Gasteiger partial charge in [0.25, 0.3) is 0 Å². The molecule has 1 fully saturated rings. The summed E-state index contributed by atoms with van der Waals surface area (Å²) in [6.07, 6.45) is 3.58. The van der Waals surface area contributed by atoms with Gasteiger partial charge in [-0.2, -0.15) is 0 Å². The number of hydrogen-bond donors (Lipinski definition) is 1. The van der Waals surface area contributed by atoms with E-state index in [0.29, 0.717) is 18.0 Å². The molecule has 1 aliphatic rings. The van der Waals surface area contributed by atoms with E-state index in [-0.39, 0.29) is 5.69 Å². The highest BCUT2D eigenvalue weighted by atomic mass is 16.1. The molecule has 0 unspecified atom stereocenters. The number of aryl methyl sites for hydroxylation is 2. The van der Waals surface area contributed by atoms with Crippen LogP contribution in [0.3, 0.4) is 0 Å². The molecule has 4 rings (SSSR count). The first kappa shape index (κ1) is 20.7. The average molecular weight is 407 g/mol. The second-order valence-electron chi connectivity index (χ2n) is 9.15. The molecule has 3 aromatic rings. The van der Waals surface area contributed by atoms with Crippen molar-refractivity contribution < 1.29 is 0 Å². The molecule has 1 aliphatic heterocycles. The minimum absolute atomic E-state index is 0.0323. The van der Waals surface area contributed by atoms with E-state index in [0.717, 1.165) is 24.1 Å². The van der Waals surface area contributed by atoms with Gasteiger partial charge in [0.05, 0.1) is 11.0 Å². The van der Waals surface area contributed by atoms with E-state index >= 15 is 0 Å². The summed E-state index contributed by atoms with van der Waals surface area (Å²) in [4.78, 5) is 14.9. The minimum atomic E-state index is 0.0323.